The van der Waals surface area contributed by atoms with E-state index in [1.807, 2.05) is 0 Å². The second kappa shape index (κ2) is 2.62. The van der Waals surface area contributed by atoms with E-state index in [2.05, 4.69) is 6.07 Å². The molecule has 0 saturated heterocycles. The second-order valence-electron chi connectivity index (χ2n) is 2.98. The van der Waals surface area contributed by atoms with Crippen LogP contribution in [0.3, 0.4) is 0 Å². The maximum absolute atomic E-state index is 12.5. The summed E-state index contributed by atoms with van der Waals surface area (Å²) < 4.78 is 12.5. The summed E-state index contributed by atoms with van der Waals surface area (Å²) in [7, 11) is 0. The van der Waals surface area contributed by atoms with Crippen LogP contribution in [0.1, 0.15) is 19.4 Å². The van der Waals surface area contributed by atoms with Crippen LogP contribution in [-0.2, 0) is 5.60 Å². The first-order chi connectivity index (χ1) is 5.00. The van der Waals surface area contributed by atoms with E-state index >= 15 is 0 Å². The molecule has 0 spiro atoms. The molecule has 0 saturated carbocycles. The van der Waals surface area contributed by atoms with E-state index in [4.69, 9.17) is 0 Å². The zero-order valence-electron chi connectivity index (χ0n) is 6.56. The van der Waals surface area contributed by atoms with E-state index in [9.17, 15) is 9.50 Å². The molecule has 1 N–H and O–H groups in total. The highest BCUT2D eigenvalue weighted by Gasteiger charge is 2.15. The number of hydrogen-bond donors (Lipinski definition) is 1. The molecule has 0 unspecified atom stereocenters. The third kappa shape index (κ3) is 2.02. The zero-order valence-corrected chi connectivity index (χ0v) is 6.56. The first-order valence-electron chi connectivity index (χ1n) is 3.40. The van der Waals surface area contributed by atoms with Crippen LogP contribution in [0, 0.1) is 11.9 Å². The van der Waals surface area contributed by atoms with Gasteiger partial charge in [0.2, 0.25) is 0 Å². The molecule has 2 heteroatoms. The van der Waals surface area contributed by atoms with E-state index in [1.165, 1.54) is 12.1 Å². The molecule has 0 aliphatic carbocycles. The van der Waals surface area contributed by atoms with Gasteiger partial charge in [0.05, 0.1) is 5.60 Å². The number of hydrogen-bond acceptors (Lipinski definition) is 1. The van der Waals surface area contributed by atoms with Crippen molar-refractivity contribution in [3.8, 4) is 0 Å². The smallest absolute Gasteiger partial charge is 0.131 e. The maximum Gasteiger partial charge on any atom is 0.131 e. The Labute approximate surface area is 65.5 Å². The number of aliphatic hydroxyl groups is 1. The van der Waals surface area contributed by atoms with Gasteiger partial charge in [0.1, 0.15) is 5.82 Å². The van der Waals surface area contributed by atoms with Crippen molar-refractivity contribution in [2.45, 2.75) is 19.4 Å². The molecule has 11 heavy (non-hydrogen) atoms. The molecule has 0 aromatic heterocycles. The minimum atomic E-state index is -0.976. The topological polar surface area (TPSA) is 20.2 Å². The quantitative estimate of drug-likeness (QED) is 0.652. The molecule has 0 amide bonds. The van der Waals surface area contributed by atoms with Crippen molar-refractivity contribution in [3.05, 3.63) is 35.6 Å². The van der Waals surface area contributed by atoms with Crippen LogP contribution >= 0.6 is 0 Å². The molecule has 0 atom stereocenters. The average molecular weight is 153 g/mol. The highest BCUT2D eigenvalue weighted by Crippen LogP contribution is 2.19. The lowest BCUT2D eigenvalue weighted by Gasteiger charge is -2.16. The molecule has 0 fully saturated rings. The fourth-order valence-corrected chi connectivity index (χ4v) is 0.818. The summed E-state index contributed by atoms with van der Waals surface area (Å²) in [5.41, 5.74) is -0.413. The summed E-state index contributed by atoms with van der Waals surface area (Å²) in [5.74, 6) is -0.440. The Morgan fingerprint density at radius 3 is 2.55 bits per heavy atom. The Morgan fingerprint density at radius 2 is 2.18 bits per heavy atom. The molecule has 1 aromatic rings. The predicted molar refractivity (Wildman–Crippen MR) is 40.5 cm³/mol. The van der Waals surface area contributed by atoms with Crippen molar-refractivity contribution in [2.75, 3.05) is 0 Å². The first-order valence-corrected chi connectivity index (χ1v) is 3.40. The monoisotopic (exact) mass is 153 g/mol. The molecular formula is C9H10FO. The maximum atomic E-state index is 12.5. The van der Waals surface area contributed by atoms with Crippen LogP contribution in [0.2, 0.25) is 0 Å². The summed E-state index contributed by atoms with van der Waals surface area (Å²) in [6.45, 7) is 3.23. The molecule has 1 aromatic carbocycles. The van der Waals surface area contributed by atoms with Crippen molar-refractivity contribution >= 4 is 0 Å². The zero-order chi connectivity index (χ0) is 8.48. The third-order valence-corrected chi connectivity index (χ3v) is 1.47. The lowest BCUT2D eigenvalue weighted by Crippen LogP contribution is -2.15. The van der Waals surface area contributed by atoms with Gasteiger partial charge < -0.3 is 5.11 Å². The Kier molecular flexibility index (Phi) is 1.96. The number of rotatable bonds is 1. The van der Waals surface area contributed by atoms with Gasteiger partial charge in [0, 0.05) is 6.07 Å². The van der Waals surface area contributed by atoms with Gasteiger partial charge in [-0.2, -0.15) is 0 Å². The van der Waals surface area contributed by atoms with E-state index < -0.39 is 11.4 Å². The Bertz CT molecular complexity index is 250. The minimum absolute atomic E-state index is 0.440. The van der Waals surface area contributed by atoms with Crippen LogP contribution in [0.15, 0.2) is 18.2 Å². The number of halogens is 1. The van der Waals surface area contributed by atoms with Crippen molar-refractivity contribution in [3.63, 3.8) is 0 Å². The highest BCUT2D eigenvalue weighted by atomic mass is 19.1. The summed E-state index contributed by atoms with van der Waals surface area (Å²) in [6, 6.07) is 6.75. The Hall–Kier alpha value is -0.890. The molecule has 0 bridgehead atoms. The van der Waals surface area contributed by atoms with Crippen LogP contribution < -0.4 is 0 Å². The van der Waals surface area contributed by atoms with E-state index in [0.29, 0.717) is 5.56 Å². The van der Waals surface area contributed by atoms with Crippen molar-refractivity contribution in [1.29, 1.82) is 0 Å². The van der Waals surface area contributed by atoms with Crippen LogP contribution in [0.25, 0.3) is 0 Å². The third-order valence-electron chi connectivity index (χ3n) is 1.47. The standard InChI is InChI=1S/C9H10FO/c1-9(2,11)7-4-3-5-8(10)6-7/h3-4,6,11H,1-2H3. The van der Waals surface area contributed by atoms with Crippen LogP contribution in [0.5, 0.6) is 0 Å². The van der Waals surface area contributed by atoms with Gasteiger partial charge in [-0.15, -0.1) is 0 Å². The summed E-state index contributed by atoms with van der Waals surface area (Å²) in [4.78, 5) is 0. The summed E-state index contributed by atoms with van der Waals surface area (Å²) >= 11 is 0. The molecule has 59 valence electrons. The van der Waals surface area contributed by atoms with Crippen molar-refractivity contribution < 1.29 is 9.50 Å². The first kappa shape index (κ1) is 8.21. The predicted octanol–water partition coefficient (Wildman–Crippen LogP) is 1.85. The van der Waals surface area contributed by atoms with E-state index in [0.717, 1.165) is 0 Å². The number of benzene rings is 1. The molecule has 0 aliphatic rings. The highest BCUT2D eigenvalue weighted by molar-refractivity contribution is 5.20. The molecule has 1 rings (SSSR count). The van der Waals surface area contributed by atoms with Gasteiger partial charge >= 0.3 is 0 Å². The fraction of sp³-hybridized carbons (Fsp3) is 0.333. The van der Waals surface area contributed by atoms with Gasteiger partial charge in [0.15, 0.2) is 0 Å². The molecule has 1 radical (unpaired) electrons. The average Bonchev–Trinajstić information content (AvgIpc) is 1.86. The van der Waals surface area contributed by atoms with E-state index in [-0.39, 0.29) is 0 Å². The van der Waals surface area contributed by atoms with Gasteiger partial charge in [-0.05, 0) is 25.5 Å². The van der Waals surface area contributed by atoms with Gasteiger partial charge in [-0.25, -0.2) is 4.39 Å². The molecule has 1 nitrogen and oxygen atoms in total. The van der Waals surface area contributed by atoms with Gasteiger partial charge in [0.25, 0.3) is 0 Å². The molecule has 0 heterocycles. The second-order valence-corrected chi connectivity index (χ2v) is 2.98. The Morgan fingerprint density at radius 1 is 1.55 bits per heavy atom. The molecule has 0 aliphatic heterocycles. The normalized spacial score (nSPS) is 11.6. The summed E-state index contributed by atoms with van der Waals surface area (Å²) in [5, 5.41) is 9.43. The van der Waals surface area contributed by atoms with Crippen LogP contribution in [-0.4, -0.2) is 5.11 Å². The minimum Gasteiger partial charge on any atom is -0.386 e. The van der Waals surface area contributed by atoms with Gasteiger partial charge in [-0.3, -0.25) is 0 Å². The van der Waals surface area contributed by atoms with Crippen LogP contribution in [0.4, 0.5) is 4.39 Å². The fourth-order valence-electron chi connectivity index (χ4n) is 0.818. The Balaban J connectivity index is 3.06. The van der Waals surface area contributed by atoms with Crippen molar-refractivity contribution in [2.24, 2.45) is 0 Å². The lowest BCUT2D eigenvalue weighted by atomic mass is 9.99. The SMILES string of the molecule is CC(C)(O)c1cc[c]c(F)c1. The lowest BCUT2D eigenvalue weighted by molar-refractivity contribution is 0.0782. The van der Waals surface area contributed by atoms with Crippen molar-refractivity contribution in [1.82, 2.24) is 0 Å². The molecular weight excluding hydrogens is 143 g/mol. The van der Waals surface area contributed by atoms with Gasteiger partial charge in [-0.1, -0.05) is 12.1 Å². The van der Waals surface area contributed by atoms with E-state index in [1.54, 1.807) is 19.9 Å². The largest absolute Gasteiger partial charge is 0.386 e. The summed E-state index contributed by atoms with van der Waals surface area (Å²) in [6.07, 6.45) is 0.